The number of carbonyl (C=O) groups excluding carboxylic acids is 4. The maximum absolute atomic E-state index is 14.3. The van der Waals surface area contributed by atoms with E-state index in [1.807, 2.05) is 25.1 Å². The SMILES string of the molecule is CC(CCC(=O)NC=O)N1Cc2c(SCCOCCOCCCN(C)Cc3ccc(-c4[nH]c5cc(F)cc6c5c4CCNC6=O)cc3)cccc2C1=O. The van der Waals surface area contributed by atoms with Crippen molar-refractivity contribution < 1.29 is 33.0 Å². The molecule has 0 saturated carbocycles. The molecule has 0 spiro atoms. The first-order valence-electron chi connectivity index (χ1n) is 18.1. The van der Waals surface area contributed by atoms with E-state index in [0.717, 1.165) is 57.9 Å². The van der Waals surface area contributed by atoms with E-state index in [1.54, 1.807) is 16.7 Å². The molecule has 3 N–H and O–H groups in total. The fourth-order valence-electron chi connectivity index (χ4n) is 7.02. The highest BCUT2D eigenvalue weighted by Crippen LogP contribution is 2.36. The Morgan fingerprint density at radius 2 is 1.85 bits per heavy atom. The van der Waals surface area contributed by atoms with Crippen molar-refractivity contribution >= 4 is 46.8 Å². The van der Waals surface area contributed by atoms with Crippen LogP contribution in [0.15, 0.2) is 59.5 Å². The number of imide groups is 1. The van der Waals surface area contributed by atoms with Gasteiger partial charge < -0.3 is 29.6 Å². The minimum Gasteiger partial charge on any atom is -0.379 e. The Morgan fingerprint density at radius 3 is 2.64 bits per heavy atom. The fraction of sp³-hybridized carbons (Fsp3) is 0.400. The second-order valence-electron chi connectivity index (χ2n) is 13.5. The number of hydrogen-bond acceptors (Lipinski definition) is 8. The van der Waals surface area contributed by atoms with Crippen LogP contribution in [0, 0.1) is 5.82 Å². The number of aromatic nitrogens is 1. The Hall–Kier alpha value is -4.56. The fourth-order valence-corrected chi connectivity index (χ4v) is 7.97. The zero-order valence-electron chi connectivity index (χ0n) is 30.2. The van der Waals surface area contributed by atoms with E-state index in [0.29, 0.717) is 75.4 Å². The molecule has 4 amide bonds. The Kier molecular flexibility index (Phi) is 12.9. The molecule has 0 fully saturated rings. The van der Waals surface area contributed by atoms with Gasteiger partial charge in [-0.2, -0.15) is 0 Å². The summed E-state index contributed by atoms with van der Waals surface area (Å²) in [6.45, 7) is 6.87. The molecule has 0 bridgehead atoms. The maximum atomic E-state index is 14.3. The molecule has 3 aromatic carbocycles. The van der Waals surface area contributed by atoms with Gasteiger partial charge in [-0.3, -0.25) is 24.5 Å². The van der Waals surface area contributed by atoms with E-state index in [4.69, 9.17) is 9.47 Å². The predicted octanol–water partition coefficient (Wildman–Crippen LogP) is 5.30. The van der Waals surface area contributed by atoms with E-state index >= 15 is 0 Å². The molecule has 1 atom stereocenters. The minimum atomic E-state index is -0.431. The average Bonchev–Trinajstić information content (AvgIpc) is 3.63. The third-order valence-electron chi connectivity index (χ3n) is 9.75. The van der Waals surface area contributed by atoms with Crippen LogP contribution < -0.4 is 10.6 Å². The third-order valence-corrected chi connectivity index (χ3v) is 10.8. The van der Waals surface area contributed by atoms with Crippen molar-refractivity contribution in [2.75, 3.05) is 52.3 Å². The summed E-state index contributed by atoms with van der Waals surface area (Å²) in [6, 6.07) is 16.8. The zero-order valence-corrected chi connectivity index (χ0v) is 31.0. The molecular formula is C40H46FN5O6S. The lowest BCUT2D eigenvalue weighted by Crippen LogP contribution is -2.34. The number of fused-ring (bicyclic) bond motifs is 1. The van der Waals surface area contributed by atoms with Crippen LogP contribution in [0.3, 0.4) is 0 Å². The highest BCUT2D eigenvalue weighted by atomic mass is 32.2. The van der Waals surface area contributed by atoms with Gasteiger partial charge in [0.15, 0.2) is 0 Å². The number of thioether (sulfide) groups is 1. The molecule has 2 aliphatic heterocycles. The van der Waals surface area contributed by atoms with Gasteiger partial charge in [-0.05, 0) is 79.8 Å². The van der Waals surface area contributed by atoms with E-state index in [2.05, 4.69) is 51.8 Å². The van der Waals surface area contributed by atoms with Crippen LogP contribution >= 0.6 is 11.8 Å². The number of benzene rings is 3. The predicted molar refractivity (Wildman–Crippen MR) is 202 cm³/mol. The number of ether oxygens (including phenoxy) is 2. The summed E-state index contributed by atoms with van der Waals surface area (Å²) < 4.78 is 25.9. The summed E-state index contributed by atoms with van der Waals surface area (Å²) in [7, 11) is 2.09. The monoisotopic (exact) mass is 743 g/mol. The number of nitrogens with zero attached hydrogens (tertiary/aromatic N) is 2. The van der Waals surface area contributed by atoms with E-state index < -0.39 is 5.82 Å². The van der Waals surface area contributed by atoms with Crippen LogP contribution in [-0.4, -0.2) is 97.3 Å². The normalized spacial score (nSPS) is 14.4. The van der Waals surface area contributed by atoms with Crippen LogP contribution in [0.4, 0.5) is 4.39 Å². The highest BCUT2D eigenvalue weighted by Gasteiger charge is 2.32. The Bertz CT molecular complexity index is 1950. The molecule has 2 aliphatic rings. The van der Waals surface area contributed by atoms with Crippen LogP contribution in [-0.2, 0) is 38.6 Å². The molecule has 1 unspecified atom stereocenters. The van der Waals surface area contributed by atoms with Crippen LogP contribution in [0.2, 0.25) is 0 Å². The van der Waals surface area contributed by atoms with Crippen LogP contribution in [0.25, 0.3) is 22.2 Å². The Labute approximate surface area is 313 Å². The molecule has 0 aliphatic carbocycles. The van der Waals surface area contributed by atoms with Crippen LogP contribution in [0.5, 0.6) is 0 Å². The van der Waals surface area contributed by atoms with Gasteiger partial charge in [0.25, 0.3) is 11.8 Å². The lowest BCUT2D eigenvalue weighted by Gasteiger charge is -2.24. The molecule has 1 aromatic heterocycles. The lowest BCUT2D eigenvalue weighted by atomic mass is 9.99. The standard InChI is InChI=1S/C40H46FN5O6S/c1-26(7-12-36(48)43-25-47)46-24-33-30(40(46)50)5-3-6-35(33)53-20-19-52-18-17-51-16-4-15-45(2)23-27-8-10-28(11-9-27)38-31-13-14-42-39(49)32-21-29(41)22-34(44-38)37(31)32/h3,5-6,8-11,21-22,25-26,44H,4,7,12-20,23-24H2,1-2H3,(H,42,49)(H,43,47,48). The first kappa shape index (κ1) is 38.2. The second-order valence-corrected chi connectivity index (χ2v) is 14.6. The van der Waals surface area contributed by atoms with Crippen molar-refractivity contribution in [3.8, 4) is 11.3 Å². The quantitative estimate of drug-likeness (QED) is 0.0670. The summed E-state index contributed by atoms with van der Waals surface area (Å²) in [5.41, 5.74) is 6.89. The van der Waals surface area contributed by atoms with Crippen molar-refractivity contribution in [2.24, 2.45) is 0 Å². The number of carbonyl (C=O) groups is 4. The largest absolute Gasteiger partial charge is 0.379 e. The van der Waals surface area contributed by atoms with Crippen molar-refractivity contribution in [2.45, 2.75) is 56.6 Å². The third kappa shape index (κ3) is 9.33. The topological polar surface area (TPSA) is 133 Å². The summed E-state index contributed by atoms with van der Waals surface area (Å²) in [5.74, 6) is -0.296. The van der Waals surface area contributed by atoms with Gasteiger partial charge in [0.2, 0.25) is 12.3 Å². The molecule has 0 saturated heterocycles. The van der Waals surface area contributed by atoms with Crippen molar-refractivity contribution in [3.63, 3.8) is 0 Å². The number of halogens is 1. The van der Waals surface area contributed by atoms with Gasteiger partial charge in [0, 0.05) is 78.1 Å². The number of aromatic amines is 1. The van der Waals surface area contributed by atoms with Gasteiger partial charge in [-0.15, -0.1) is 11.8 Å². The smallest absolute Gasteiger partial charge is 0.254 e. The van der Waals surface area contributed by atoms with Gasteiger partial charge in [0.1, 0.15) is 5.82 Å². The van der Waals surface area contributed by atoms with E-state index in [-0.39, 0.29) is 30.2 Å². The van der Waals surface area contributed by atoms with E-state index in [1.165, 1.54) is 17.7 Å². The Balaban J connectivity index is 0.857. The van der Waals surface area contributed by atoms with Crippen molar-refractivity contribution in [1.29, 1.82) is 0 Å². The number of amides is 4. The molecule has 3 heterocycles. The number of rotatable bonds is 19. The number of hydrogen-bond donors (Lipinski definition) is 3. The first-order valence-corrected chi connectivity index (χ1v) is 19.1. The van der Waals surface area contributed by atoms with Crippen molar-refractivity contribution in [3.05, 3.63) is 88.2 Å². The lowest BCUT2D eigenvalue weighted by molar-refractivity contribution is -0.125. The summed E-state index contributed by atoms with van der Waals surface area (Å²) in [6.07, 6.45) is 2.62. The maximum Gasteiger partial charge on any atom is 0.254 e. The molecule has 280 valence electrons. The second kappa shape index (κ2) is 18.0. The zero-order chi connectivity index (χ0) is 37.3. The van der Waals surface area contributed by atoms with Crippen LogP contribution in [0.1, 0.15) is 63.6 Å². The number of nitrogens with one attached hydrogen (secondary N) is 3. The molecule has 4 aromatic rings. The summed E-state index contributed by atoms with van der Waals surface area (Å²) in [5, 5.41) is 5.82. The molecule has 13 heteroatoms. The number of H-pyrrole nitrogens is 1. The molecule has 53 heavy (non-hydrogen) atoms. The van der Waals surface area contributed by atoms with Gasteiger partial charge in [-0.25, -0.2) is 4.39 Å². The van der Waals surface area contributed by atoms with Crippen molar-refractivity contribution in [1.82, 2.24) is 25.4 Å². The molecular weight excluding hydrogens is 698 g/mol. The molecule has 11 nitrogen and oxygen atoms in total. The summed E-state index contributed by atoms with van der Waals surface area (Å²) in [4.78, 5) is 56.2. The Morgan fingerprint density at radius 1 is 1.06 bits per heavy atom. The summed E-state index contributed by atoms with van der Waals surface area (Å²) >= 11 is 1.67. The minimum absolute atomic E-state index is 0.0289. The average molecular weight is 744 g/mol. The van der Waals surface area contributed by atoms with Gasteiger partial charge in [-0.1, -0.05) is 30.3 Å². The first-order chi connectivity index (χ1) is 25.7. The van der Waals surface area contributed by atoms with Gasteiger partial charge >= 0.3 is 0 Å². The van der Waals surface area contributed by atoms with E-state index in [9.17, 15) is 23.6 Å². The molecule has 6 rings (SSSR count). The molecule has 0 radical (unpaired) electrons. The highest BCUT2D eigenvalue weighted by molar-refractivity contribution is 7.99. The van der Waals surface area contributed by atoms with Gasteiger partial charge in [0.05, 0.1) is 25.4 Å².